The molecule has 0 aliphatic heterocycles. The van der Waals surface area contributed by atoms with Crippen molar-refractivity contribution in [2.24, 2.45) is 0 Å². The Bertz CT molecular complexity index is 1520. The van der Waals surface area contributed by atoms with Crippen LogP contribution in [0.4, 0.5) is 0 Å². The van der Waals surface area contributed by atoms with E-state index in [0.29, 0.717) is 45.9 Å². The Kier molecular flexibility index (Phi) is 7.62. The fourth-order valence-electron chi connectivity index (χ4n) is 4.68. The zero-order chi connectivity index (χ0) is 25.9. The Morgan fingerprint density at radius 1 is 0.917 bits per heavy atom. The molecule has 0 spiro atoms. The van der Waals surface area contributed by atoms with Gasteiger partial charge in [0, 0.05) is 29.6 Å². The minimum atomic E-state index is -3.88. The molecule has 0 fully saturated rings. The first-order valence-corrected chi connectivity index (χ1v) is 13.5. The molecular weight excluding hydrogens is 472 g/mol. The van der Waals surface area contributed by atoms with Gasteiger partial charge in [0.25, 0.3) is 5.56 Å². The van der Waals surface area contributed by atoms with Crippen molar-refractivity contribution in [3.8, 4) is 5.75 Å². The molecule has 0 amide bonds. The van der Waals surface area contributed by atoms with Crippen molar-refractivity contribution in [2.75, 3.05) is 13.2 Å². The first-order valence-electron chi connectivity index (χ1n) is 12.1. The van der Waals surface area contributed by atoms with E-state index in [-0.39, 0.29) is 18.6 Å². The number of hydrogen-bond donors (Lipinski definition) is 1. The molecule has 0 atom stereocenters. The smallest absolute Gasteiger partial charge is 0.252 e. The standard InChI is InChI=1S/C29H32N2O4S/c1-5-35-26-11-12-27-24(18-26)17-25(29(32)30-27)19-31(14-13-23-9-7-6-8-10-23)36(33,34)28-21(3)15-20(2)16-22(28)4/h6-12,15-18H,5,13-14,19H2,1-4H3,(H,30,32). The third-order valence-corrected chi connectivity index (χ3v) is 8.40. The van der Waals surface area contributed by atoms with Crippen molar-refractivity contribution in [1.82, 2.24) is 9.29 Å². The number of nitrogens with zero attached hydrogens (tertiary/aromatic N) is 1. The van der Waals surface area contributed by atoms with E-state index < -0.39 is 10.0 Å². The molecule has 7 heteroatoms. The van der Waals surface area contributed by atoms with Crippen LogP contribution in [0.2, 0.25) is 0 Å². The van der Waals surface area contributed by atoms with Crippen LogP contribution in [0.3, 0.4) is 0 Å². The third kappa shape index (κ3) is 5.53. The summed E-state index contributed by atoms with van der Waals surface area (Å²) in [6, 6.07) is 20.7. The predicted octanol–water partition coefficient (Wildman–Crippen LogP) is 5.29. The van der Waals surface area contributed by atoms with Crippen LogP contribution in [0.15, 0.2) is 76.4 Å². The monoisotopic (exact) mass is 504 g/mol. The quantitative estimate of drug-likeness (QED) is 0.336. The molecule has 4 aromatic rings. The van der Waals surface area contributed by atoms with Gasteiger partial charge in [-0.05, 0) is 75.1 Å². The zero-order valence-corrected chi connectivity index (χ0v) is 22.0. The van der Waals surface area contributed by atoms with Crippen LogP contribution in [0.5, 0.6) is 5.75 Å². The Hall–Kier alpha value is -3.42. The van der Waals surface area contributed by atoms with Crippen molar-refractivity contribution >= 4 is 20.9 Å². The number of pyridine rings is 1. The number of rotatable bonds is 9. The van der Waals surface area contributed by atoms with E-state index in [1.165, 1.54) is 4.31 Å². The van der Waals surface area contributed by atoms with Gasteiger partial charge in [0.1, 0.15) is 5.75 Å². The summed E-state index contributed by atoms with van der Waals surface area (Å²) >= 11 is 0. The van der Waals surface area contributed by atoms with Crippen LogP contribution in [0.1, 0.15) is 34.7 Å². The number of aromatic amines is 1. The molecule has 0 saturated heterocycles. The van der Waals surface area contributed by atoms with E-state index in [0.717, 1.165) is 16.5 Å². The summed E-state index contributed by atoms with van der Waals surface area (Å²) < 4.78 is 35.1. The molecule has 0 bridgehead atoms. The number of ether oxygens (including phenoxy) is 1. The predicted molar refractivity (Wildman–Crippen MR) is 144 cm³/mol. The van der Waals surface area contributed by atoms with Gasteiger partial charge in [-0.15, -0.1) is 0 Å². The number of nitrogens with one attached hydrogen (secondary N) is 1. The van der Waals surface area contributed by atoms with Gasteiger partial charge in [-0.25, -0.2) is 8.42 Å². The van der Waals surface area contributed by atoms with Gasteiger partial charge in [-0.1, -0.05) is 48.0 Å². The normalized spacial score (nSPS) is 11.8. The van der Waals surface area contributed by atoms with Crippen LogP contribution < -0.4 is 10.3 Å². The minimum absolute atomic E-state index is 0.0357. The molecule has 3 aromatic carbocycles. The van der Waals surface area contributed by atoms with Gasteiger partial charge < -0.3 is 9.72 Å². The maximum absolute atomic E-state index is 14.0. The first kappa shape index (κ1) is 25.7. The van der Waals surface area contributed by atoms with E-state index in [2.05, 4.69) is 4.98 Å². The lowest BCUT2D eigenvalue weighted by atomic mass is 10.1. The Balaban J connectivity index is 1.77. The van der Waals surface area contributed by atoms with Crippen molar-refractivity contribution in [3.63, 3.8) is 0 Å². The van der Waals surface area contributed by atoms with Gasteiger partial charge in [0.15, 0.2) is 0 Å². The molecule has 6 nitrogen and oxygen atoms in total. The number of benzene rings is 3. The van der Waals surface area contributed by atoms with Crippen molar-refractivity contribution in [3.05, 3.63) is 105 Å². The van der Waals surface area contributed by atoms with Gasteiger partial charge >= 0.3 is 0 Å². The van der Waals surface area contributed by atoms with E-state index in [1.54, 1.807) is 18.2 Å². The molecule has 36 heavy (non-hydrogen) atoms. The molecule has 1 aromatic heterocycles. The lowest BCUT2D eigenvalue weighted by Crippen LogP contribution is -2.35. The molecule has 0 aliphatic rings. The number of hydrogen-bond acceptors (Lipinski definition) is 4. The Labute approximate surface area is 212 Å². The number of sulfonamides is 1. The second-order valence-electron chi connectivity index (χ2n) is 9.11. The third-order valence-electron chi connectivity index (χ3n) is 6.25. The second-order valence-corrected chi connectivity index (χ2v) is 11.0. The van der Waals surface area contributed by atoms with Crippen molar-refractivity contribution in [1.29, 1.82) is 0 Å². The van der Waals surface area contributed by atoms with Gasteiger partial charge in [-0.2, -0.15) is 4.31 Å². The van der Waals surface area contributed by atoms with E-state index in [1.807, 2.05) is 76.2 Å². The second kappa shape index (κ2) is 10.7. The van der Waals surface area contributed by atoms with Crippen molar-refractivity contribution in [2.45, 2.75) is 45.6 Å². The summed E-state index contributed by atoms with van der Waals surface area (Å²) in [4.78, 5) is 16.2. The fraction of sp³-hybridized carbons (Fsp3) is 0.276. The molecule has 1 N–H and O–H groups in total. The molecule has 4 rings (SSSR count). The average Bonchev–Trinajstić information content (AvgIpc) is 2.82. The molecule has 0 radical (unpaired) electrons. The van der Waals surface area contributed by atoms with Gasteiger partial charge in [0.05, 0.1) is 11.5 Å². The Morgan fingerprint density at radius 3 is 2.28 bits per heavy atom. The van der Waals surface area contributed by atoms with E-state index in [4.69, 9.17) is 4.74 Å². The molecule has 0 aliphatic carbocycles. The minimum Gasteiger partial charge on any atom is -0.494 e. The molecule has 188 valence electrons. The SMILES string of the molecule is CCOc1ccc2[nH]c(=O)c(CN(CCc3ccccc3)S(=O)(=O)c3c(C)cc(C)cc3C)cc2c1. The molecule has 0 unspecified atom stereocenters. The first-order chi connectivity index (χ1) is 17.2. The lowest BCUT2D eigenvalue weighted by Gasteiger charge is -2.24. The highest BCUT2D eigenvalue weighted by Gasteiger charge is 2.29. The molecule has 0 saturated carbocycles. The number of fused-ring (bicyclic) bond motifs is 1. The van der Waals surface area contributed by atoms with Gasteiger partial charge in [-0.3, -0.25) is 4.79 Å². The van der Waals surface area contributed by atoms with E-state index >= 15 is 0 Å². The van der Waals surface area contributed by atoms with Crippen LogP contribution in [-0.2, 0) is 23.0 Å². The summed E-state index contributed by atoms with van der Waals surface area (Å²) in [6.07, 6.45) is 0.532. The molecular formula is C29H32N2O4S. The summed E-state index contributed by atoms with van der Waals surface area (Å²) in [5, 5.41) is 0.790. The maximum Gasteiger partial charge on any atom is 0.252 e. The number of aromatic nitrogens is 1. The summed E-state index contributed by atoms with van der Waals surface area (Å²) in [6.45, 7) is 8.24. The highest BCUT2D eigenvalue weighted by molar-refractivity contribution is 7.89. The highest BCUT2D eigenvalue weighted by atomic mass is 32.2. The number of H-pyrrole nitrogens is 1. The number of aryl methyl sites for hydroxylation is 3. The summed E-state index contributed by atoms with van der Waals surface area (Å²) in [5.74, 6) is 0.697. The Morgan fingerprint density at radius 2 is 1.61 bits per heavy atom. The van der Waals surface area contributed by atoms with Crippen molar-refractivity contribution < 1.29 is 13.2 Å². The highest BCUT2D eigenvalue weighted by Crippen LogP contribution is 2.27. The zero-order valence-electron chi connectivity index (χ0n) is 21.2. The fourth-order valence-corrected chi connectivity index (χ4v) is 6.51. The van der Waals surface area contributed by atoms with Gasteiger partial charge in [0.2, 0.25) is 10.0 Å². The van der Waals surface area contributed by atoms with Crippen LogP contribution >= 0.6 is 0 Å². The largest absolute Gasteiger partial charge is 0.494 e. The average molecular weight is 505 g/mol. The van der Waals surface area contributed by atoms with Crippen LogP contribution in [-0.4, -0.2) is 30.9 Å². The van der Waals surface area contributed by atoms with E-state index in [9.17, 15) is 13.2 Å². The topological polar surface area (TPSA) is 79.5 Å². The maximum atomic E-state index is 14.0. The summed E-state index contributed by atoms with van der Waals surface area (Å²) in [7, 11) is -3.88. The molecule has 1 heterocycles. The summed E-state index contributed by atoms with van der Waals surface area (Å²) in [5.41, 5.74) is 4.20. The lowest BCUT2D eigenvalue weighted by molar-refractivity contribution is 0.340. The van der Waals surface area contributed by atoms with Crippen LogP contribution in [0, 0.1) is 20.8 Å². The van der Waals surface area contributed by atoms with Crippen LogP contribution in [0.25, 0.3) is 10.9 Å².